The van der Waals surface area contributed by atoms with E-state index in [-0.39, 0.29) is 46.2 Å². The Morgan fingerprint density at radius 1 is 1.27 bits per heavy atom. The van der Waals surface area contributed by atoms with E-state index in [1.807, 2.05) is 13.8 Å². The fourth-order valence-corrected chi connectivity index (χ4v) is 5.00. The number of carbonyl (C=O) groups excluding carboxylic acids is 1. The van der Waals surface area contributed by atoms with Crippen LogP contribution in [0, 0.1) is 22.6 Å². The summed E-state index contributed by atoms with van der Waals surface area (Å²) in [7, 11) is 1.44. The number of ether oxygens (including phenoxy) is 1. The minimum atomic E-state index is -0.778. The third-order valence-corrected chi connectivity index (χ3v) is 6.56. The number of allylic oxidation sites excluding steroid dienone is 3. The summed E-state index contributed by atoms with van der Waals surface area (Å²) in [4.78, 5) is 15.0. The first-order chi connectivity index (χ1) is 15.6. The van der Waals surface area contributed by atoms with Gasteiger partial charge >= 0.3 is 0 Å². The molecule has 0 saturated carbocycles. The highest BCUT2D eigenvalue weighted by atomic mass is 79.9. The van der Waals surface area contributed by atoms with Crippen molar-refractivity contribution < 1.29 is 19.0 Å². The Morgan fingerprint density at radius 2 is 2.00 bits per heavy atom. The molecule has 0 radical (unpaired) electrons. The van der Waals surface area contributed by atoms with Crippen molar-refractivity contribution in [2.24, 2.45) is 11.1 Å². The summed E-state index contributed by atoms with van der Waals surface area (Å²) in [5, 5.41) is 20.4. The Balaban J connectivity index is 2.01. The summed E-state index contributed by atoms with van der Waals surface area (Å²) in [6.07, 6.45) is 0.737. The second kappa shape index (κ2) is 8.23. The average molecular weight is 512 g/mol. The number of hydrogen-bond acceptors (Lipinski definition) is 6. The molecule has 0 spiro atoms. The molecule has 0 fully saturated rings. The summed E-state index contributed by atoms with van der Waals surface area (Å²) >= 11 is 3.26. The van der Waals surface area contributed by atoms with E-state index in [9.17, 15) is 15.2 Å². The lowest BCUT2D eigenvalue weighted by molar-refractivity contribution is -0.118. The quantitative estimate of drug-likeness (QED) is 0.584. The molecule has 33 heavy (non-hydrogen) atoms. The van der Waals surface area contributed by atoms with Crippen molar-refractivity contribution in [3.63, 3.8) is 0 Å². The first-order valence-corrected chi connectivity index (χ1v) is 11.2. The molecule has 2 aliphatic rings. The second-order valence-electron chi connectivity index (χ2n) is 9.01. The number of nitrogens with two attached hydrogens (primary N) is 1. The molecule has 6 nitrogen and oxygen atoms in total. The first-order valence-electron chi connectivity index (χ1n) is 10.4. The molecule has 1 aliphatic heterocycles. The highest BCUT2D eigenvalue weighted by molar-refractivity contribution is 9.10. The van der Waals surface area contributed by atoms with E-state index >= 15 is 4.39 Å². The highest BCUT2D eigenvalue weighted by Gasteiger charge is 2.45. The van der Waals surface area contributed by atoms with Crippen molar-refractivity contribution >= 4 is 27.4 Å². The molecule has 8 heteroatoms. The molecule has 4 rings (SSSR count). The number of benzene rings is 2. The van der Waals surface area contributed by atoms with Crippen molar-refractivity contribution in [3.8, 4) is 17.6 Å². The minimum absolute atomic E-state index is 0.0586. The topological polar surface area (TPSA) is 99.6 Å². The summed E-state index contributed by atoms with van der Waals surface area (Å²) < 4.78 is 20.7. The minimum Gasteiger partial charge on any atom is -0.504 e. The molecule has 2 aromatic carbocycles. The lowest BCUT2D eigenvalue weighted by Crippen LogP contribution is -2.42. The van der Waals surface area contributed by atoms with Gasteiger partial charge < -0.3 is 15.6 Å². The van der Waals surface area contributed by atoms with Crippen LogP contribution in [0.15, 0.2) is 63.5 Å². The van der Waals surface area contributed by atoms with Crippen LogP contribution in [0.2, 0.25) is 0 Å². The predicted octanol–water partition coefficient (Wildman–Crippen LogP) is 5.24. The van der Waals surface area contributed by atoms with Gasteiger partial charge in [0.05, 0.1) is 30.4 Å². The second-order valence-corrected chi connectivity index (χ2v) is 9.92. The van der Waals surface area contributed by atoms with Gasteiger partial charge in [0.2, 0.25) is 0 Å². The van der Waals surface area contributed by atoms with Crippen LogP contribution in [-0.2, 0) is 4.79 Å². The van der Waals surface area contributed by atoms with Crippen molar-refractivity contribution in [3.05, 3.63) is 74.9 Å². The molecule has 1 atom stereocenters. The van der Waals surface area contributed by atoms with Crippen molar-refractivity contribution in [2.45, 2.75) is 32.6 Å². The van der Waals surface area contributed by atoms with Crippen molar-refractivity contribution in [2.75, 3.05) is 12.0 Å². The van der Waals surface area contributed by atoms with Gasteiger partial charge in [-0.15, -0.1) is 0 Å². The number of aromatic hydroxyl groups is 1. The van der Waals surface area contributed by atoms with Crippen LogP contribution in [0.25, 0.3) is 0 Å². The van der Waals surface area contributed by atoms with Gasteiger partial charge in [-0.25, -0.2) is 4.39 Å². The lowest BCUT2D eigenvalue weighted by atomic mass is 9.68. The van der Waals surface area contributed by atoms with E-state index in [2.05, 4.69) is 22.0 Å². The summed E-state index contributed by atoms with van der Waals surface area (Å²) in [5.74, 6) is -1.23. The van der Waals surface area contributed by atoms with Gasteiger partial charge in [-0.1, -0.05) is 35.8 Å². The number of halogens is 2. The zero-order chi connectivity index (χ0) is 24.1. The molecule has 170 valence electrons. The van der Waals surface area contributed by atoms with E-state index in [0.29, 0.717) is 27.7 Å². The van der Waals surface area contributed by atoms with Crippen LogP contribution in [0.5, 0.6) is 11.5 Å². The van der Waals surface area contributed by atoms with E-state index in [0.717, 1.165) is 0 Å². The molecule has 3 N–H and O–H groups in total. The number of rotatable bonds is 3. The number of anilines is 1. The maximum atomic E-state index is 15.1. The number of nitriles is 1. The average Bonchev–Trinajstić information content (AvgIpc) is 2.73. The van der Waals surface area contributed by atoms with Crippen LogP contribution in [0.1, 0.15) is 38.2 Å². The molecule has 0 saturated heterocycles. The standard InChI is InChI=1S/C25H23BrFN3O3/c1-25(2)10-18-23(20(32)11-25)22(13-4-7-21(33-3)19(31)8-13)15(12-28)24(29)30(18)17-6-5-14(26)9-16(17)27/h4-9,22,31H,10-11,29H2,1-3H3. The highest BCUT2D eigenvalue weighted by Crippen LogP contribution is 2.51. The molecular formula is C25H23BrFN3O3. The number of ketones is 1. The number of methoxy groups -OCH3 is 1. The number of carbonyl (C=O) groups is 1. The number of phenols is 1. The molecule has 2 aromatic rings. The third-order valence-electron chi connectivity index (χ3n) is 6.07. The maximum Gasteiger partial charge on any atom is 0.162 e. The fraction of sp³-hybridized carbons (Fsp3) is 0.280. The number of phenolic OH excluding ortho intramolecular Hbond substituents is 1. The van der Waals surface area contributed by atoms with E-state index in [1.54, 1.807) is 24.3 Å². The summed E-state index contributed by atoms with van der Waals surface area (Å²) in [6, 6.07) is 11.5. The first kappa shape index (κ1) is 22.9. The molecule has 1 aliphatic carbocycles. The Bertz CT molecular complexity index is 1280. The van der Waals surface area contributed by atoms with Gasteiger partial charge in [-0.05, 0) is 47.7 Å². The Labute approximate surface area is 199 Å². The van der Waals surface area contributed by atoms with Gasteiger partial charge in [-0.2, -0.15) is 5.26 Å². The van der Waals surface area contributed by atoms with E-state index in [4.69, 9.17) is 10.5 Å². The smallest absolute Gasteiger partial charge is 0.162 e. The fourth-order valence-electron chi connectivity index (χ4n) is 4.67. The monoisotopic (exact) mass is 511 g/mol. The summed E-state index contributed by atoms with van der Waals surface area (Å²) in [5.41, 5.74) is 7.90. The Morgan fingerprint density at radius 3 is 2.61 bits per heavy atom. The lowest BCUT2D eigenvalue weighted by Gasteiger charge is -2.43. The van der Waals surface area contributed by atoms with Crippen LogP contribution in [0.3, 0.4) is 0 Å². The van der Waals surface area contributed by atoms with E-state index in [1.165, 1.54) is 24.1 Å². The van der Waals surface area contributed by atoms with Crippen LogP contribution in [-0.4, -0.2) is 18.0 Å². The molecule has 1 unspecified atom stereocenters. The Kier molecular flexibility index (Phi) is 5.71. The zero-order valence-corrected chi connectivity index (χ0v) is 20.0. The molecule has 0 amide bonds. The molecular weight excluding hydrogens is 489 g/mol. The van der Waals surface area contributed by atoms with Gasteiger partial charge in [-0.3, -0.25) is 9.69 Å². The van der Waals surface area contributed by atoms with Crippen LogP contribution >= 0.6 is 15.9 Å². The molecule has 1 heterocycles. The Hall–Kier alpha value is -3.31. The molecule has 0 aromatic heterocycles. The van der Waals surface area contributed by atoms with Gasteiger partial charge in [0.25, 0.3) is 0 Å². The molecule has 0 bridgehead atoms. The predicted molar refractivity (Wildman–Crippen MR) is 126 cm³/mol. The SMILES string of the molecule is COc1ccc(C2C(C#N)=C(N)N(c3ccc(Br)cc3F)C3=C2C(=O)CC(C)(C)C3)cc1O. The van der Waals surface area contributed by atoms with Gasteiger partial charge in [0.15, 0.2) is 17.3 Å². The van der Waals surface area contributed by atoms with E-state index < -0.39 is 11.7 Å². The van der Waals surface area contributed by atoms with Gasteiger partial charge in [0.1, 0.15) is 11.6 Å². The zero-order valence-electron chi connectivity index (χ0n) is 18.4. The largest absolute Gasteiger partial charge is 0.504 e. The summed E-state index contributed by atoms with van der Waals surface area (Å²) in [6.45, 7) is 3.94. The normalized spacial score (nSPS) is 19.9. The van der Waals surface area contributed by atoms with Gasteiger partial charge in [0, 0.05) is 22.2 Å². The van der Waals surface area contributed by atoms with Crippen LogP contribution < -0.4 is 15.4 Å². The van der Waals surface area contributed by atoms with Crippen molar-refractivity contribution in [1.82, 2.24) is 0 Å². The van der Waals surface area contributed by atoms with Crippen LogP contribution in [0.4, 0.5) is 10.1 Å². The van der Waals surface area contributed by atoms with Crippen molar-refractivity contribution in [1.29, 1.82) is 5.26 Å². The number of hydrogen-bond donors (Lipinski definition) is 2. The third kappa shape index (κ3) is 3.87. The number of nitrogens with zero attached hydrogens (tertiary/aromatic N) is 2. The number of Topliss-reactive ketones (excluding diaryl/α,β-unsaturated/α-hetero) is 1. The maximum absolute atomic E-state index is 15.1.